The quantitative estimate of drug-likeness (QED) is 0.353. The number of hydrogen-bond acceptors (Lipinski definition) is 3. The monoisotopic (exact) mass is 520 g/mol. The van der Waals surface area contributed by atoms with Crippen LogP contribution >= 0.6 is 11.6 Å². The predicted octanol–water partition coefficient (Wildman–Crippen LogP) is 7.37. The highest BCUT2D eigenvalue weighted by Crippen LogP contribution is 2.40. The Morgan fingerprint density at radius 3 is 2.30 bits per heavy atom. The number of ether oxygens (including phenoxy) is 1. The molecular formula is C31H37ClN2O3. The third kappa shape index (κ3) is 6.10. The minimum absolute atomic E-state index is 0.0751. The summed E-state index contributed by atoms with van der Waals surface area (Å²) in [5, 5.41) is 2.83. The van der Waals surface area contributed by atoms with E-state index in [1.165, 1.54) is 0 Å². The van der Waals surface area contributed by atoms with E-state index < -0.39 is 5.60 Å². The zero-order valence-electron chi connectivity index (χ0n) is 22.5. The number of benzene rings is 3. The molecule has 1 saturated heterocycles. The molecule has 6 heteroatoms. The van der Waals surface area contributed by atoms with E-state index in [-0.39, 0.29) is 23.5 Å². The van der Waals surface area contributed by atoms with E-state index in [4.69, 9.17) is 16.3 Å². The highest BCUT2D eigenvalue weighted by molar-refractivity contribution is 6.31. The Balaban J connectivity index is 1.56. The van der Waals surface area contributed by atoms with Gasteiger partial charge < -0.3 is 14.5 Å². The highest BCUT2D eigenvalue weighted by atomic mass is 35.5. The molecule has 0 saturated carbocycles. The van der Waals surface area contributed by atoms with Gasteiger partial charge in [0.25, 0.3) is 0 Å². The third-order valence-corrected chi connectivity index (χ3v) is 7.75. The van der Waals surface area contributed by atoms with Crippen LogP contribution in [0.15, 0.2) is 66.7 Å². The Kier molecular flexibility index (Phi) is 7.84. The number of nitrogens with zero attached hydrogens (tertiary/aromatic N) is 2. The molecule has 2 amide bonds. The van der Waals surface area contributed by atoms with Gasteiger partial charge >= 0.3 is 6.09 Å². The van der Waals surface area contributed by atoms with E-state index in [0.717, 1.165) is 21.9 Å². The molecule has 37 heavy (non-hydrogen) atoms. The zero-order valence-corrected chi connectivity index (χ0v) is 23.2. The average Bonchev–Trinajstić information content (AvgIpc) is 2.87. The summed E-state index contributed by atoms with van der Waals surface area (Å²) in [5.41, 5.74) is 1.29. The van der Waals surface area contributed by atoms with Gasteiger partial charge in [0.15, 0.2) is 0 Å². The third-order valence-electron chi connectivity index (χ3n) is 7.53. The molecule has 0 radical (unpaired) electrons. The second-order valence-electron chi connectivity index (χ2n) is 11.2. The molecule has 4 rings (SSSR count). The van der Waals surface area contributed by atoms with Gasteiger partial charge in [-0.3, -0.25) is 4.79 Å². The van der Waals surface area contributed by atoms with Crippen LogP contribution in [0, 0.1) is 0 Å². The Bertz CT molecular complexity index is 1260. The highest BCUT2D eigenvalue weighted by Gasteiger charge is 2.41. The van der Waals surface area contributed by atoms with Crippen molar-refractivity contribution >= 4 is 34.4 Å². The number of halogens is 1. The molecule has 0 N–H and O–H groups in total. The van der Waals surface area contributed by atoms with Gasteiger partial charge in [-0.1, -0.05) is 66.2 Å². The Labute approximate surface area is 225 Å². The fourth-order valence-corrected chi connectivity index (χ4v) is 5.52. The largest absolute Gasteiger partial charge is 0.444 e. The summed E-state index contributed by atoms with van der Waals surface area (Å²) < 4.78 is 5.60. The lowest BCUT2D eigenvalue weighted by Crippen LogP contribution is -2.48. The predicted molar refractivity (Wildman–Crippen MR) is 150 cm³/mol. The number of likely N-dealkylation sites (tertiary alicyclic amines) is 1. The van der Waals surface area contributed by atoms with Gasteiger partial charge in [0, 0.05) is 37.0 Å². The Morgan fingerprint density at radius 1 is 1.03 bits per heavy atom. The second-order valence-corrected chi connectivity index (χ2v) is 11.6. The van der Waals surface area contributed by atoms with Crippen LogP contribution in [0.5, 0.6) is 0 Å². The number of hydrogen-bond donors (Lipinski definition) is 0. The van der Waals surface area contributed by atoms with Crippen LogP contribution in [0.25, 0.3) is 10.8 Å². The molecule has 3 aromatic carbocycles. The maximum atomic E-state index is 13.8. The summed E-state index contributed by atoms with van der Waals surface area (Å²) in [7, 11) is 1.87. The van der Waals surface area contributed by atoms with E-state index in [0.29, 0.717) is 37.4 Å². The summed E-state index contributed by atoms with van der Waals surface area (Å²) >= 11 is 6.44. The van der Waals surface area contributed by atoms with Crippen molar-refractivity contribution in [2.45, 2.75) is 64.0 Å². The molecule has 0 spiro atoms. The van der Waals surface area contributed by atoms with Gasteiger partial charge in [-0.15, -0.1) is 0 Å². The number of carbonyl (C=O) groups is 2. The Hall–Kier alpha value is -3.05. The molecule has 1 aliphatic heterocycles. The van der Waals surface area contributed by atoms with Gasteiger partial charge in [0.05, 0.1) is 6.04 Å². The molecule has 3 aromatic rings. The van der Waals surface area contributed by atoms with Crippen molar-refractivity contribution in [1.29, 1.82) is 0 Å². The van der Waals surface area contributed by atoms with E-state index >= 15 is 0 Å². The van der Waals surface area contributed by atoms with E-state index in [9.17, 15) is 9.59 Å². The molecule has 1 fully saturated rings. The first-order chi connectivity index (χ1) is 17.5. The van der Waals surface area contributed by atoms with Crippen molar-refractivity contribution in [3.63, 3.8) is 0 Å². The molecule has 5 nitrogen and oxygen atoms in total. The summed E-state index contributed by atoms with van der Waals surface area (Å²) in [6.45, 7) is 8.78. The number of piperidine rings is 1. The molecule has 0 aliphatic carbocycles. The lowest BCUT2D eigenvalue weighted by molar-refractivity contribution is -0.133. The van der Waals surface area contributed by atoms with Crippen molar-refractivity contribution < 1.29 is 14.3 Å². The first-order valence-corrected chi connectivity index (χ1v) is 13.3. The Morgan fingerprint density at radius 2 is 1.65 bits per heavy atom. The average molecular weight is 521 g/mol. The van der Waals surface area contributed by atoms with Crippen LogP contribution < -0.4 is 0 Å². The van der Waals surface area contributed by atoms with Gasteiger partial charge in [-0.05, 0) is 74.6 Å². The SMILES string of the molecule is CC(c1cc(Cl)cc2ccccc12)N(C)C(=O)CC1(c2ccccc2)CCN(C(=O)OC(C)(C)C)CC1. The lowest BCUT2D eigenvalue weighted by atomic mass is 9.70. The fraction of sp³-hybridized carbons (Fsp3) is 0.419. The van der Waals surface area contributed by atoms with Crippen LogP contribution in [0.2, 0.25) is 5.02 Å². The minimum Gasteiger partial charge on any atom is -0.444 e. The van der Waals surface area contributed by atoms with Gasteiger partial charge in [-0.2, -0.15) is 0 Å². The van der Waals surface area contributed by atoms with Crippen LogP contribution in [-0.2, 0) is 14.9 Å². The van der Waals surface area contributed by atoms with Crippen molar-refractivity contribution in [2.24, 2.45) is 0 Å². The maximum Gasteiger partial charge on any atom is 0.410 e. The fourth-order valence-electron chi connectivity index (χ4n) is 5.29. The van der Waals surface area contributed by atoms with Crippen molar-refractivity contribution in [1.82, 2.24) is 9.80 Å². The van der Waals surface area contributed by atoms with E-state index in [2.05, 4.69) is 25.1 Å². The van der Waals surface area contributed by atoms with Crippen molar-refractivity contribution in [2.75, 3.05) is 20.1 Å². The smallest absolute Gasteiger partial charge is 0.410 e. The summed E-state index contributed by atoms with van der Waals surface area (Å²) in [4.78, 5) is 30.1. The number of fused-ring (bicyclic) bond motifs is 1. The molecule has 1 unspecified atom stereocenters. The molecule has 0 bridgehead atoms. The molecule has 1 atom stereocenters. The van der Waals surface area contributed by atoms with Gasteiger partial charge in [-0.25, -0.2) is 4.79 Å². The summed E-state index contributed by atoms with van der Waals surface area (Å²) in [6, 6.07) is 22.1. The summed E-state index contributed by atoms with van der Waals surface area (Å²) in [5.74, 6) is 0.0751. The standard InChI is InChI=1S/C31H37ClN2O3/c1-22(27-20-25(32)19-23-11-9-10-14-26(23)27)33(5)28(35)21-31(24-12-7-6-8-13-24)15-17-34(18-16-31)29(36)37-30(2,3)4/h6-14,19-20,22H,15-18,21H2,1-5H3. The van der Waals surface area contributed by atoms with Crippen LogP contribution in [0.4, 0.5) is 4.79 Å². The summed E-state index contributed by atoms with van der Waals surface area (Å²) in [6.07, 6.45) is 1.48. The zero-order chi connectivity index (χ0) is 26.8. The lowest BCUT2D eigenvalue weighted by Gasteiger charge is -2.43. The minimum atomic E-state index is -0.537. The normalized spacial score (nSPS) is 16.3. The number of rotatable bonds is 5. The van der Waals surface area contributed by atoms with E-state index in [1.54, 1.807) is 4.90 Å². The molecule has 196 valence electrons. The molecule has 1 heterocycles. The second kappa shape index (κ2) is 10.7. The van der Waals surface area contributed by atoms with Crippen LogP contribution in [0.1, 0.15) is 64.1 Å². The van der Waals surface area contributed by atoms with E-state index in [1.807, 2.05) is 81.2 Å². The van der Waals surface area contributed by atoms with Gasteiger partial charge in [0.2, 0.25) is 5.91 Å². The number of carbonyl (C=O) groups excluding carboxylic acids is 2. The molecule has 0 aromatic heterocycles. The maximum absolute atomic E-state index is 13.8. The topological polar surface area (TPSA) is 49.9 Å². The number of amides is 2. The molecule has 1 aliphatic rings. The first kappa shape index (κ1) is 27.0. The van der Waals surface area contributed by atoms with Crippen molar-refractivity contribution in [3.8, 4) is 0 Å². The van der Waals surface area contributed by atoms with Crippen LogP contribution in [-0.4, -0.2) is 47.5 Å². The molecular weight excluding hydrogens is 484 g/mol. The van der Waals surface area contributed by atoms with Gasteiger partial charge in [0.1, 0.15) is 5.60 Å². The van der Waals surface area contributed by atoms with Crippen molar-refractivity contribution in [3.05, 3.63) is 82.9 Å². The first-order valence-electron chi connectivity index (χ1n) is 13.0. The van der Waals surface area contributed by atoms with Crippen LogP contribution in [0.3, 0.4) is 0 Å².